The highest BCUT2D eigenvalue weighted by atomic mass is 35.5. The fraction of sp³-hybridized carbons (Fsp3) is 0.222. The van der Waals surface area contributed by atoms with Crippen molar-refractivity contribution >= 4 is 32.6 Å². The van der Waals surface area contributed by atoms with Gasteiger partial charge < -0.3 is 0 Å². The molecule has 0 heterocycles. The van der Waals surface area contributed by atoms with Crippen molar-refractivity contribution < 1.29 is 27.9 Å². The number of benzene rings is 1. The molecule has 19 heavy (non-hydrogen) atoms. The van der Waals surface area contributed by atoms with Gasteiger partial charge in [0, 0.05) is 23.7 Å². The molecule has 0 aromatic heterocycles. The van der Waals surface area contributed by atoms with Gasteiger partial charge in [-0.1, -0.05) is 0 Å². The highest BCUT2D eigenvalue weighted by molar-refractivity contribution is 7.91. The molecule has 1 aromatic carbocycles. The van der Waals surface area contributed by atoms with Gasteiger partial charge in [-0.25, -0.2) is 13.2 Å². The summed E-state index contributed by atoms with van der Waals surface area (Å²) in [6, 6.07) is 4.38. The van der Waals surface area contributed by atoms with Crippen LogP contribution >= 0.6 is 11.6 Å². The maximum Gasteiger partial charge on any atom is 0.435 e. The van der Waals surface area contributed by atoms with Gasteiger partial charge in [-0.2, -0.15) is 4.89 Å². The van der Waals surface area contributed by atoms with Crippen LogP contribution in [0.2, 0.25) is 0 Å². The molecule has 8 nitrogen and oxygen atoms in total. The van der Waals surface area contributed by atoms with E-state index in [0.717, 1.165) is 24.3 Å². The van der Waals surface area contributed by atoms with Crippen LogP contribution in [0.3, 0.4) is 0 Å². The normalized spacial score (nSPS) is 11.0. The number of hydrogen-bond donors (Lipinski definition) is 0. The number of halogens is 1. The lowest BCUT2D eigenvalue weighted by molar-refractivity contribution is -0.384. The molecule has 104 valence electrons. The molecule has 1 rings (SSSR count). The van der Waals surface area contributed by atoms with Crippen LogP contribution in [0.5, 0.6) is 0 Å². The molecule has 0 N–H and O–H groups in total. The summed E-state index contributed by atoms with van der Waals surface area (Å²) in [5.41, 5.74) is -1.43. The number of hydrogen-bond acceptors (Lipinski definition) is 7. The van der Waals surface area contributed by atoms with Crippen molar-refractivity contribution in [2.45, 2.75) is 4.90 Å². The summed E-state index contributed by atoms with van der Waals surface area (Å²) in [5.74, 6) is -0.463. The number of non-ortho nitro benzene ring substituents is 1. The Hall–Kier alpha value is -1.71. The zero-order valence-electron chi connectivity index (χ0n) is 9.31. The number of sulfone groups is 1. The van der Waals surface area contributed by atoms with Gasteiger partial charge in [-0.15, -0.1) is 0 Å². The second kappa shape index (κ2) is 6.45. The van der Waals surface area contributed by atoms with E-state index in [9.17, 15) is 23.3 Å². The smallest absolute Gasteiger partial charge is 0.280 e. The number of carbonyl (C=O) groups is 1. The first-order valence-electron chi connectivity index (χ1n) is 4.79. The quantitative estimate of drug-likeness (QED) is 0.258. The average molecular weight is 310 g/mol. The zero-order valence-corrected chi connectivity index (χ0v) is 10.9. The van der Waals surface area contributed by atoms with E-state index < -0.39 is 32.5 Å². The van der Waals surface area contributed by atoms with Crippen molar-refractivity contribution in [1.29, 1.82) is 0 Å². The third-order valence-corrected chi connectivity index (χ3v) is 3.72. The van der Waals surface area contributed by atoms with Crippen LogP contribution in [0.15, 0.2) is 29.2 Å². The lowest BCUT2D eigenvalue weighted by Gasteiger charge is -2.03. The minimum Gasteiger partial charge on any atom is -0.280 e. The van der Waals surface area contributed by atoms with E-state index in [-0.39, 0.29) is 10.6 Å². The summed E-state index contributed by atoms with van der Waals surface area (Å²) in [7, 11) is -3.68. The molecule has 0 spiro atoms. The highest BCUT2D eigenvalue weighted by Crippen LogP contribution is 2.16. The third kappa shape index (κ3) is 4.81. The van der Waals surface area contributed by atoms with E-state index in [1.807, 2.05) is 0 Å². The molecule has 0 aliphatic rings. The molecule has 0 saturated heterocycles. The Morgan fingerprint density at radius 3 is 2.37 bits per heavy atom. The molecule has 0 unspecified atom stereocenters. The molecule has 0 aliphatic heterocycles. The van der Waals surface area contributed by atoms with E-state index in [1.54, 1.807) is 0 Å². The van der Waals surface area contributed by atoms with Gasteiger partial charge in [0.2, 0.25) is 0 Å². The predicted molar refractivity (Wildman–Crippen MR) is 63.4 cm³/mol. The molecule has 0 fully saturated rings. The van der Waals surface area contributed by atoms with Crippen molar-refractivity contribution in [1.82, 2.24) is 0 Å². The van der Waals surface area contributed by atoms with E-state index in [2.05, 4.69) is 9.78 Å². The molecule has 0 saturated carbocycles. The number of nitro benzene ring substituents is 1. The lowest BCUT2D eigenvalue weighted by atomic mass is 10.3. The molecule has 10 heteroatoms. The average Bonchev–Trinajstić information content (AvgIpc) is 2.34. The summed E-state index contributed by atoms with van der Waals surface area (Å²) in [5, 5.41) is 10.4. The number of carbonyl (C=O) groups excluding carboxylic acids is 1. The largest absolute Gasteiger partial charge is 0.435 e. The van der Waals surface area contributed by atoms with Crippen molar-refractivity contribution in [3.05, 3.63) is 34.4 Å². The van der Waals surface area contributed by atoms with E-state index in [0.29, 0.717) is 0 Å². The zero-order chi connectivity index (χ0) is 14.5. The van der Waals surface area contributed by atoms with Gasteiger partial charge in [0.05, 0.1) is 15.6 Å². The predicted octanol–water partition coefficient (Wildman–Crippen LogP) is 1.68. The first-order valence-corrected chi connectivity index (χ1v) is 6.82. The van der Waals surface area contributed by atoms with Crippen LogP contribution in [0.1, 0.15) is 0 Å². The van der Waals surface area contributed by atoms with Crippen molar-refractivity contribution in [2.75, 3.05) is 12.4 Å². The van der Waals surface area contributed by atoms with Gasteiger partial charge in [-0.3, -0.25) is 15.0 Å². The number of nitro groups is 1. The van der Waals surface area contributed by atoms with Gasteiger partial charge in [-0.05, 0) is 12.1 Å². The Labute approximate surface area is 112 Å². The number of nitrogens with zero attached hydrogens (tertiary/aromatic N) is 1. The summed E-state index contributed by atoms with van der Waals surface area (Å²) in [6.45, 7) is -0.405. The molecule has 1 aromatic rings. The fourth-order valence-electron chi connectivity index (χ4n) is 1.12. The Balaban J connectivity index is 2.66. The Bertz CT molecular complexity index is 569. The van der Waals surface area contributed by atoms with E-state index in [1.165, 1.54) is 0 Å². The molecule has 0 bridgehead atoms. The fourth-order valence-corrected chi connectivity index (χ4v) is 2.24. The minimum atomic E-state index is -3.68. The van der Waals surface area contributed by atoms with Crippen molar-refractivity contribution in [3.63, 3.8) is 0 Å². The third-order valence-electron chi connectivity index (χ3n) is 1.97. The summed E-state index contributed by atoms with van der Waals surface area (Å²) < 4.78 is 23.5. The standard InChI is InChI=1S/C9H8ClNO7S/c10-9(12)18-17-5-6-19(15,16)8-3-1-7(2-4-8)11(13)14/h1-4H,5-6H2. The van der Waals surface area contributed by atoms with Crippen molar-refractivity contribution in [3.8, 4) is 0 Å². The van der Waals surface area contributed by atoms with Crippen LogP contribution < -0.4 is 0 Å². The maximum absolute atomic E-state index is 11.7. The van der Waals surface area contributed by atoms with Crippen LogP contribution in [0.4, 0.5) is 10.5 Å². The maximum atomic E-state index is 11.7. The molecular weight excluding hydrogens is 302 g/mol. The van der Waals surface area contributed by atoms with Gasteiger partial charge in [0.25, 0.3) is 5.69 Å². The topological polar surface area (TPSA) is 113 Å². The van der Waals surface area contributed by atoms with Gasteiger partial charge in [0.1, 0.15) is 6.61 Å². The summed E-state index contributed by atoms with van der Waals surface area (Å²) in [6.07, 6.45) is 0. The summed E-state index contributed by atoms with van der Waals surface area (Å²) >= 11 is 4.79. The first kappa shape index (κ1) is 15.3. The highest BCUT2D eigenvalue weighted by Gasteiger charge is 2.16. The minimum absolute atomic E-state index is 0.0982. The van der Waals surface area contributed by atoms with Crippen LogP contribution in [0, 0.1) is 10.1 Å². The van der Waals surface area contributed by atoms with Crippen LogP contribution in [0.25, 0.3) is 0 Å². The molecular formula is C9H8ClNO7S. The molecule has 0 aliphatic carbocycles. The molecule has 0 radical (unpaired) electrons. The van der Waals surface area contributed by atoms with Gasteiger partial charge in [0.15, 0.2) is 9.84 Å². The SMILES string of the molecule is O=C(Cl)OOCCS(=O)(=O)c1ccc([N+](=O)[O-])cc1. The molecule has 0 amide bonds. The Morgan fingerprint density at radius 2 is 1.89 bits per heavy atom. The molecule has 0 atom stereocenters. The summed E-state index contributed by atoms with van der Waals surface area (Å²) in [4.78, 5) is 28.0. The monoisotopic (exact) mass is 309 g/mol. The number of rotatable bonds is 6. The van der Waals surface area contributed by atoms with Crippen molar-refractivity contribution in [2.24, 2.45) is 0 Å². The van der Waals surface area contributed by atoms with Crippen LogP contribution in [-0.4, -0.2) is 31.1 Å². The van der Waals surface area contributed by atoms with E-state index >= 15 is 0 Å². The first-order chi connectivity index (χ1) is 8.83. The van der Waals surface area contributed by atoms with Crippen LogP contribution in [-0.2, 0) is 19.6 Å². The van der Waals surface area contributed by atoms with Gasteiger partial charge >= 0.3 is 5.43 Å². The Kier molecular flexibility index (Phi) is 5.21. The second-order valence-corrected chi connectivity index (χ2v) is 5.63. The second-order valence-electron chi connectivity index (χ2n) is 3.21. The lowest BCUT2D eigenvalue weighted by Crippen LogP contribution is -2.13. The Morgan fingerprint density at radius 1 is 1.32 bits per heavy atom. The van der Waals surface area contributed by atoms with E-state index in [4.69, 9.17) is 11.6 Å².